The lowest BCUT2D eigenvalue weighted by molar-refractivity contribution is 0.00406. The first-order valence-corrected chi connectivity index (χ1v) is 6.58. The summed E-state index contributed by atoms with van der Waals surface area (Å²) >= 11 is 0. The van der Waals surface area contributed by atoms with E-state index < -0.39 is 0 Å². The maximum Gasteiger partial charge on any atom is 0.145 e. The molecule has 3 N–H and O–H groups in total. The predicted molar refractivity (Wildman–Crippen MR) is 72.9 cm³/mol. The van der Waals surface area contributed by atoms with Gasteiger partial charge in [0.15, 0.2) is 0 Å². The highest BCUT2D eigenvalue weighted by molar-refractivity contribution is 5.85. The molecule has 0 radical (unpaired) electrons. The number of nitrogens with two attached hydrogens (primary N) is 1. The number of oxime groups is 1. The van der Waals surface area contributed by atoms with E-state index in [1.807, 2.05) is 0 Å². The number of piperidine rings is 1. The number of methoxy groups -OCH3 is 1. The van der Waals surface area contributed by atoms with Gasteiger partial charge in [0.05, 0.1) is 5.60 Å². The van der Waals surface area contributed by atoms with Crippen LogP contribution in [-0.4, -0.2) is 48.3 Å². The van der Waals surface area contributed by atoms with Gasteiger partial charge < -0.3 is 20.6 Å². The van der Waals surface area contributed by atoms with Crippen molar-refractivity contribution in [2.75, 3.05) is 26.7 Å². The SMILES string of the molecule is COC(C)(C)CCN1CCC(C)(C(N)=NO)CC1. The zero-order valence-corrected chi connectivity index (χ0v) is 12.1. The van der Waals surface area contributed by atoms with Crippen LogP contribution in [-0.2, 0) is 4.74 Å². The molecule has 0 amide bonds. The van der Waals surface area contributed by atoms with Gasteiger partial charge in [-0.25, -0.2) is 0 Å². The molecule has 0 aromatic rings. The predicted octanol–water partition coefficient (Wildman–Crippen LogP) is 1.65. The van der Waals surface area contributed by atoms with Crippen molar-refractivity contribution in [3.05, 3.63) is 0 Å². The van der Waals surface area contributed by atoms with Crippen molar-refractivity contribution in [1.29, 1.82) is 0 Å². The monoisotopic (exact) mass is 257 g/mol. The Hall–Kier alpha value is -0.810. The molecule has 0 atom stereocenters. The molecular formula is C13H27N3O2. The standard InChI is InChI=1S/C13H27N3O2/c1-12(2,18-4)5-8-16-9-6-13(3,7-10-16)11(14)15-17/h17H,5-10H2,1-4H3,(H2,14,15). The van der Waals surface area contributed by atoms with Crippen LogP contribution in [0.4, 0.5) is 0 Å². The molecule has 18 heavy (non-hydrogen) atoms. The van der Waals surface area contributed by atoms with Gasteiger partial charge in [0.1, 0.15) is 5.84 Å². The Bertz CT molecular complexity index is 295. The average molecular weight is 257 g/mol. The van der Waals surface area contributed by atoms with Crippen LogP contribution in [0.3, 0.4) is 0 Å². The average Bonchev–Trinajstić information content (AvgIpc) is 2.37. The van der Waals surface area contributed by atoms with Crippen LogP contribution >= 0.6 is 0 Å². The van der Waals surface area contributed by atoms with Gasteiger partial charge in [-0.15, -0.1) is 0 Å². The number of hydrogen-bond acceptors (Lipinski definition) is 4. The number of ether oxygens (including phenoxy) is 1. The Balaban J connectivity index is 2.41. The third-order valence-corrected chi connectivity index (χ3v) is 4.27. The zero-order valence-electron chi connectivity index (χ0n) is 12.1. The van der Waals surface area contributed by atoms with Crippen LogP contribution in [0.25, 0.3) is 0 Å². The van der Waals surface area contributed by atoms with Gasteiger partial charge in [-0.2, -0.15) is 0 Å². The lowest BCUT2D eigenvalue weighted by Crippen LogP contribution is -2.46. The van der Waals surface area contributed by atoms with Gasteiger partial charge in [-0.1, -0.05) is 12.1 Å². The lowest BCUT2D eigenvalue weighted by atomic mass is 9.79. The topological polar surface area (TPSA) is 71.1 Å². The minimum absolute atomic E-state index is 0.0632. The second-order valence-electron chi connectivity index (χ2n) is 6.10. The fraction of sp³-hybridized carbons (Fsp3) is 0.923. The van der Waals surface area contributed by atoms with Gasteiger partial charge in [0.2, 0.25) is 0 Å². The van der Waals surface area contributed by atoms with Crippen molar-refractivity contribution in [2.24, 2.45) is 16.3 Å². The van der Waals surface area contributed by atoms with E-state index in [2.05, 4.69) is 30.8 Å². The molecule has 106 valence electrons. The summed E-state index contributed by atoms with van der Waals surface area (Å²) in [5.74, 6) is 0.361. The van der Waals surface area contributed by atoms with Gasteiger partial charge in [-0.3, -0.25) is 0 Å². The molecule has 1 saturated heterocycles. The van der Waals surface area contributed by atoms with Crippen LogP contribution in [0.15, 0.2) is 5.16 Å². The molecule has 5 heteroatoms. The molecule has 1 fully saturated rings. The third kappa shape index (κ3) is 3.85. The van der Waals surface area contributed by atoms with Crippen molar-refractivity contribution in [3.8, 4) is 0 Å². The number of likely N-dealkylation sites (tertiary alicyclic amines) is 1. The minimum atomic E-state index is -0.151. The maximum atomic E-state index is 8.79. The quantitative estimate of drug-likeness (QED) is 0.340. The highest BCUT2D eigenvalue weighted by Gasteiger charge is 2.34. The van der Waals surface area contributed by atoms with Gasteiger partial charge in [0.25, 0.3) is 0 Å². The zero-order chi connectivity index (χ0) is 13.8. The summed E-state index contributed by atoms with van der Waals surface area (Å²) in [7, 11) is 1.76. The highest BCUT2D eigenvalue weighted by atomic mass is 16.5. The van der Waals surface area contributed by atoms with Crippen LogP contribution in [0.5, 0.6) is 0 Å². The third-order valence-electron chi connectivity index (χ3n) is 4.27. The molecule has 0 aliphatic carbocycles. The second kappa shape index (κ2) is 5.89. The largest absolute Gasteiger partial charge is 0.409 e. The summed E-state index contributed by atoms with van der Waals surface area (Å²) in [4.78, 5) is 2.42. The number of amidine groups is 1. The summed E-state index contributed by atoms with van der Waals surface area (Å²) < 4.78 is 5.43. The molecule has 0 aromatic carbocycles. The summed E-state index contributed by atoms with van der Waals surface area (Å²) in [5.41, 5.74) is 5.54. The molecule has 0 saturated carbocycles. The number of nitrogens with zero attached hydrogens (tertiary/aromatic N) is 2. The fourth-order valence-corrected chi connectivity index (χ4v) is 2.18. The molecule has 1 rings (SSSR count). The molecule has 1 heterocycles. The van der Waals surface area contributed by atoms with E-state index in [1.165, 1.54) is 0 Å². The van der Waals surface area contributed by atoms with Gasteiger partial charge >= 0.3 is 0 Å². The van der Waals surface area contributed by atoms with Crippen LogP contribution < -0.4 is 5.73 Å². The Morgan fingerprint density at radius 3 is 2.44 bits per heavy atom. The Morgan fingerprint density at radius 1 is 1.44 bits per heavy atom. The lowest BCUT2D eigenvalue weighted by Gasteiger charge is -2.39. The van der Waals surface area contributed by atoms with Gasteiger partial charge in [-0.05, 0) is 46.2 Å². The Labute approximate surface area is 110 Å². The normalized spacial score (nSPS) is 22.1. The molecule has 0 spiro atoms. The molecule has 0 aromatic heterocycles. The first-order chi connectivity index (χ1) is 8.33. The van der Waals surface area contributed by atoms with Crippen LogP contribution in [0.1, 0.15) is 40.0 Å². The minimum Gasteiger partial charge on any atom is -0.409 e. The smallest absolute Gasteiger partial charge is 0.145 e. The summed E-state index contributed by atoms with van der Waals surface area (Å²) in [6.45, 7) is 9.31. The van der Waals surface area contributed by atoms with E-state index in [0.29, 0.717) is 5.84 Å². The van der Waals surface area contributed by atoms with E-state index in [-0.39, 0.29) is 11.0 Å². The van der Waals surface area contributed by atoms with E-state index >= 15 is 0 Å². The molecule has 0 unspecified atom stereocenters. The maximum absolute atomic E-state index is 8.79. The molecule has 1 aliphatic heterocycles. The van der Waals surface area contributed by atoms with Crippen molar-refractivity contribution >= 4 is 5.84 Å². The van der Waals surface area contributed by atoms with E-state index in [4.69, 9.17) is 15.7 Å². The fourth-order valence-electron chi connectivity index (χ4n) is 2.18. The highest BCUT2D eigenvalue weighted by Crippen LogP contribution is 2.31. The van der Waals surface area contributed by atoms with Crippen LogP contribution in [0.2, 0.25) is 0 Å². The van der Waals surface area contributed by atoms with Crippen LogP contribution in [0, 0.1) is 5.41 Å². The van der Waals surface area contributed by atoms with Gasteiger partial charge in [0, 0.05) is 19.1 Å². The molecule has 1 aliphatic rings. The molecule has 5 nitrogen and oxygen atoms in total. The number of rotatable bonds is 5. The Kier molecular flexibility index (Phi) is 4.99. The van der Waals surface area contributed by atoms with E-state index in [1.54, 1.807) is 7.11 Å². The Morgan fingerprint density at radius 2 is 2.00 bits per heavy atom. The second-order valence-corrected chi connectivity index (χ2v) is 6.10. The van der Waals surface area contributed by atoms with E-state index in [9.17, 15) is 0 Å². The van der Waals surface area contributed by atoms with E-state index in [0.717, 1.165) is 38.9 Å². The van der Waals surface area contributed by atoms with Crippen molar-refractivity contribution in [3.63, 3.8) is 0 Å². The van der Waals surface area contributed by atoms with Crippen molar-refractivity contribution < 1.29 is 9.94 Å². The van der Waals surface area contributed by atoms with Crippen molar-refractivity contribution in [2.45, 2.75) is 45.6 Å². The summed E-state index contributed by atoms with van der Waals surface area (Å²) in [5, 5.41) is 12.0. The number of hydrogen-bond donors (Lipinski definition) is 2. The molecule has 0 bridgehead atoms. The first-order valence-electron chi connectivity index (χ1n) is 6.58. The summed E-state index contributed by atoms with van der Waals surface area (Å²) in [6, 6.07) is 0. The first kappa shape index (κ1) is 15.2. The van der Waals surface area contributed by atoms with Crippen molar-refractivity contribution in [1.82, 2.24) is 4.90 Å². The molecular weight excluding hydrogens is 230 g/mol. The summed E-state index contributed by atoms with van der Waals surface area (Å²) in [6.07, 6.45) is 2.90.